The Morgan fingerprint density at radius 2 is 1.58 bits per heavy atom. The van der Waals surface area contributed by atoms with Crippen LogP contribution in [-0.4, -0.2) is 38.9 Å². The van der Waals surface area contributed by atoms with Crippen LogP contribution in [0.3, 0.4) is 0 Å². The molecule has 2 N–H and O–H groups in total. The molecule has 33 heavy (non-hydrogen) atoms. The number of hydrogen-bond acceptors (Lipinski definition) is 6. The summed E-state index contributed by atoms with van der Waals surface area (Å²) in [6.07, 6.45) is 1.58. The lowest BCUT2D eigenvalue weighted by Crippen LogP contribution is -2.37. The van der Waals surface area contributed by atoms with Crippen LogP contribution in [0.1, 0.15) is 11.1 Å². The third kappa shape index (κ3) is 6.33. The first-order valence-corrected chi connectivity index (χ1v) is 11.4. The molecule has 8 nitrogen and oxygen atoms in total. The van der Waals surface area contributed by atoms with Crippen LogP contribution in [0.5, 0.6) is 0 Å². The Bertz CT molecular complexity index is 1180. The van der Waals surface area contributed by atoms with Crippen LogP contribution < -0.4 is 10.6 Å². The van der Waals surface area contributed by atoms with Crippen molar-refractivity contribution in [3.8, 4) is 11.6 Å². The normalized spacial score (nSPS) is 10.7. The summed E-state index contributed by atoms with van der Waals surface area (Å²) >= 11 is 1.26. The minimum Gasteiger partial charge on any atom is -0.461 e. The Labute approximate surface area is 195 Å². The number of rotatable bonds is 10. The SMILES string of the molecule is O=C(CNC(=O)CSc1nnc(-c2ccco2)n1Cc1ccccc1)NCc1ccccc1. The topological polar surface area (TPSA) is 102 Å². The molecule has 2 aromatic heterocycles. The lowest BCUT2D eigenvalue weighted by molar-refractivity contribution is -0.124. The minimum atomic E-state index is -0.260. The fourth-order valence-corrected chi connectivity index (χ4v) is 3.88. The fourth-order valence-electron chi connectivity index (χ4n) is 3.11. The predicted molar refractivity (Wildman–Crippen MR) is 125 cm³/mol. The van der Waals surface area contributed by atoms with Crippen LogP contribution in [-0.2, 0) is 22.7 Å². The van der Waals surface area contributed by atoms with E-state index in [1.807, 2.05) is 71.3 Å². The highest BCUT2D eigenvalue weighted by atomic mass is 32.2. The smallest absolute Gasteiger partial charge is 0.239 e. The number of furan rings is 1. The van der Waals surface area contributed by atoms with Crippen molar-refractivity contribution in [3.05, 3.63) is 90.2 Å². The van der Waals surface area contributed by atoms with Crippen LogP contribution >= 0.6 is 11.8 Å². The van der Waals surface area contributed by atoms with Crippen molar-refractivity contribution >= 4 is 23.6 Å². The van der Waals surface area contributed by atoms with Crippen LogP contribution in [0.15, 0.2) is 88.6 Å². The van der Waals surface area contributed by atoms with Gasteiger partial charge in [-0.25, -0.2) is 0 Å². The summed E-state index contributed by atoms with van der Waals surface area (Å²) in [4.78, 5) is 24.3. The highest BCUT2D eigenvalue weighted by Gasteiger charge is 2.18. The zero-order valence-electron chi connectivity index (χ0n) is 17.8. The number of aromatic nitrogens is 3. The maximum atomic E-state index is 12.3. The summed E-state index contributed by atoms with van der Waals surface area (Å²) in [5.41, 5.74) is 2.07. The van der Waals surface area contributed by atoms with E-state index in [0.29, 0.717) is 29.8 Å². The van der Waals surface area contributed by atoms with Gasteiger partial charge in [0.05, 0.1) is 25.1 Å². The van der Waals surface area contributed by atoms with Crippen LogP contribution in [0.2, 0.25) is 0 Å². The van der Waals surface area contributed by atoms with E-state index in [9.17, 15) is 9.59 Å². The largest absolute Gasteiger partial charge is 0.461 e. The van der Waals surface area contributed by atoms with E-state index < -0.39 is 0 Å². The molecular weight excluding hydrogens is 438 g/mol. The van der Waals surface area contributed by atoms with Crippen LogP contribution in [0.25, 0.3) is 11.6 Å². The summed E-state index contributed by atoms with van der Waals surface area (Å²) in [5.74, 6) is 0.793. The molecule has 0 aliphatic rings. The highest BCUT2D eigenvalue weighted by molar-refractivity contribution is 7.99. The van der Waals surface area contributed by atoms with Gasteiger partial charge in [0.1, 0.15) is 0 Å². The zero-order chi connectivity index (χ0) is 22.9. The van der Waals surface area contributed by atoms with E-state index >= 15 is 0 Å². The van der Waals surface area contributed by atoms with Gasteiger partial charge < -0.3 is 15.1 Å². The van der Waals surface area contributed by atoms with Gasteiger partial charge in [-0.2, -0.15) is 0 Å². The van der Waals surface area contributed by atoms with Crippen molar-refractivity contribution in [2.24, 2.45) is 0 Å². The van der Waals surface area contributed by atoms with Crippen molar-refractivity contribution in [2.45, 2.75) is 18.2 Å². The molecule has 0 spiro atoms. The monoisotopic (exact) mass is 461 g/mol. The van der Waals surface area contributed by atoms with Gasteiger partial charge in [0.25, 0.3) is 0 Å². The van der Waals surface area contributed by atoms with Crippen molar-refractivity contribution in [1.82, 2.24) is 25.4 Å². The average molecular weight is 462 g/mol. The molecule has 168 valence electrons. The molecule has 0 unspecified atom stereocenters. The number of carbonyl (C=O) groups is 2. The lowest BCUT2D eigenvalue weighted by atomic mass is 10.2. The maximum Gasteiger partial charge on any atom is 0.239 e. The Morgan fingerprint density at radius 3 is 2.27 bits per heavy atom. The standard InChI is InChI=1S/C24H23N5O3S/c30-21(25-14-18-8-3-1-4-9-18)15-26-22(31)17-33-24-28-27-23(20-12-7-13-32-20)29(24)16-19-10-5-2-6-11-19/h1-13H,14-17H2,(H,25,30)(H,26,31). The first-order valence-electron chi connectivity index (χ1n) is 10.4. The highest BCUT2D eigenvalue weighted by Crippen LogP contribution is 2.25. The summed E-state index contributed by atoms with van der Waals surface area (Å²) in [7, 11) is 0. The third-order valence-electron chi connectivity index (χ3n) is 4.75. The van der Waals surface area contributed by atoms with Crippen molar-refractivity contribution in [2.75, 3.05) is 12.3 Å². The molecule has 0 saturated carbocycles. The third-order valence-corrected chi connectivity index (χ3v) is 5.72. The second kappa shape index (κ2) is 11.1. The number of amides is 2. The lowest BCUT2D eigenvalue weighted by Gasteiger charge is -2.10. The average Bonchev–Trinajstić information content (AvgIpc) is 3.51. The molecule has 0 atom stereocenters. The molecule has 0 saturated heterocycles. The van der Waals surface area contributed by atoms with E-state index in [-0.39, 0.29) is 24.1 Å². The van der Waals surface area contributed by atoms with Crippen molar-refractivity contribution in [3.63, 3.8) is 0 Å². The summed E-state index contributed by atoms with van der Waals surface area (Å²) in [6, 6.07) is 23.1. The number of carbonyl (C=O) groups excluding carboxylic acids is 2. The Kier molecular flexibility index (Phi) is 7.55. The molecule has 4 aromatic rings. The summed E-state index contributed by atoms with van der Waals surface area (Å²) in [6.45, 7) is 0.874. The van der Waals surface area contributed by atoms with Gasteiger partial charge in [-0.05, 0) is 23.3 Å². The molecule has 9 heteroatoms. The maximum absolute atomic E-state index is 12.3. The van der Waals surface area contributed by atoms with Gasteiger partial charge in [-0.3, -0.25) is 14.2 Å². The second-order valence-electron chi connectivity index (χ2n) is 7.18. The number of nitrogens with zero attached hydrogens (tertiary/aromatic N) is 3. The molecular formula is C24H23N5O3S. The van der Waals surface area contributed by atoms with Crippen molar-refractivity contribution in [1.29, 1.82) is 0 Å². The number of hydrogen-bond donors (Lipinski definition) is 2. The minimum absolute atomic E-state index is 0.0828. The van der Waals surface area contributed by atoms with Gasteiger partial charge in [-0.1, -0.05) is 72.4 Å². The zero-order valence-corrected chi connectivity index (χ0v) is 18.6. The first kappa shape index (κ1) is 22.3. The van der Waals surface area contributed by atoms with Gasteiger partial charge in [0, 0.05) is 6.54 Å². The molecule has 2 heterocycles. The van der Waals surface area contributed by atoms with Crippen molar-refractivity contribution < 1.29 is 14.0 Å². The molecule has 4 rings (SSSR count). The molecule has 2 aromatic carbocycles. The number of benzene rings is 2. The van der Waals surface area contributed by atoms with E-state index in [2.05, 4.69) is 20.8 Å². The summed E-state index contributed by atoms with van der Waals surface area (Å²) in [5, 5.41) is 14.5. The number of thioether (sulfide) groups is 1. The van der Waals surface area contributed by atoms with Crippen LogP contribution in [0, 0.1) is 0 Å². The van der Waals surface area contributed by atoms with Gasteiger partial charge in [0.2, 0.25) is 17.6 Å². The molecule has 0 radical (unpaired) electrons. The molecule has 0 aliphatic carbocycles. The Balaban J connectivity index is 1.32. The van der Waals surface area contributed by atoms with Gasteiger partial charge >= 0.3 is 0 Å². The summed E-state index contributed by atoms with van der Waals surface area (Å²) < 4.78 is 7.42. The molecule has 0 fully saturated rings. The Morgan fingerprint density at radius 1 is 0.848 bits per heavy atom. The molecule has 0 aliphatic heterocycles. The fraction of sp³-hybridized carbons (Fsp3) is 0.167. The van der Waals surface area contributed by atoms with E-state index in [1.165, 1.54) is 11.8 Å². The van der Waals surface area contributed by atoms with Crippen LogP contribution in [0.4, 0.5) is 0 Å². The van der Waals surface area contributed by atoms with Gasteiger partial charge in [0.15, 0.2) is 10.9 Å². The van der Waals surface area contributed by atoms with E-state index in [0.717, 1.165) is 11.1 Å². The molecule has 0 bridgehead atoms. The first-order chi connectivity index (χ1) is 16.2. The Hall–Kier alpha value is -3.85. The second-order valence-corrected chi connectivity index (χ2v) is 8.13. The molecule has 2 amide bonds. The quantitative estimate of drug-likeness (QED) is 0.352. The van der Waals surface area contributed by atoms with Gasteiger partial charge in [-0.15, -0.1) is 10.2 Å². The predicted octanol–water partition coefficient (Wildman–Crippen LogP) is 3.11. The van der Waals surface area contributed by atoms with E-state index in [1.54, 1.807) is 12.3 Å². The number of nitrogens with one attached hydrogen (secondary N) is 2. The van der Waals surface area contributed by atoms with E-state index in [4.69, 9.17) is 4.42 Å².